The molecule has 0 N–H and O–H groups in total. The van der Waals surface area contributed by atoms with Crippen LogP contribution in [0.5, 0.6) is 0 Å². The fourth-order valence-electron chi connectivity index (χ4n) is 5.00. The quantitative estimate of drug-likeness (QED) is 0.438. The van der Waals surface area contributed by atoms with Gasteiger partial charge in [0.25, 0.3) is 0 Å². The molecule has 2 aromatic heterocycles. The molecule has 1 aliphatic rings. The first-order chi connectivity index (χ1) is 13.9. The molecule has 0 bridgehead atoms. The van der Waals surface area contributed by atoms with E-state index in [0.29, 0.717) is 0 Å². The molecule has 2 heterocycles. The molecule has 0 unspecified atom stereocenters. The van der Waals surface area contributed by atoms with Crippen LogP contribution in [0, 0.1) is 6.92 Å². The van der Waals surface area contributed by atoms with E-state index in [4.69, 9.17) is 0 Å². The zero-order chi connectivity index (χ0) is 20.3. The molecule has 0 spiro atoms. The van der Waals surface area contributed by atoms with Crippen LogP contribution >= 0.6 is 0 Å². The second kappa shape index (κ2) is 6.15. The molecule has 2 aromatic carbocycles. The van der Waals surface area contributed by atoms with Gasteiger partial charge in [-0.15, -0.1) is 0 Å². The summed E-state index contributed by atoms with van der Waals surface area (Å²) in [4.78, 5) is 4.68. The van der Waals surface area contributed by atoms with Crippen LogP contribution in [0.15, 0.2) is 67.1 Å². The monoisotopic (exact) mass is 380 g/mol. The van der Waals surface area contributed by atoms with Crippen LogP contribution in [-0.4, -0.2) is 9.55 Å². The highest BCUT2D eigenvalue weighted by atomic mass is 15.0. The highest BCUT2D eigenvalue weighted by molar-refractivity contribution is 5.92. The van der Waals surface area contributed by atoms with Crippen LogP contribution in [0.2, 0.25) is 0 Å². The zero-order valence-electron chi connectivity index (χ0n) is 17.7. The summed E-state index contributed by atoms with van der Waals surface area (Å²) in [5.41, 5.74) is 10.4. The number of fused-ring (bicyclic) bond motifs is 3. The Morgan fingerprint density at radius 3 is 2.45 bits per heavy atom. The number of nitrogens with zero attached hydrogens (tertiary/aromatic N) is 3. The van der Waals surface area contributed by atoms with E-state index in [1.54, 1.807) is 0 Å². The highest BCUT2D eigenvalue weighted by Gasteiger charge is 2.40. The van der Waals surface area contributed by atoms with Crippen LogP contribution in [0.1, 0.15) is 30.5 Å². The second-order valence-electron chi connectivity index (χ2n) is 8.58. The molecule has 0 atom stereocenters. The molecule has 0 fully saturated rings. The van der Waals surface area contributed by atoms with Crippen LogP contribution in [0.25, 0.3) is 33.8 Å². The van der Waals surface area contributed by atoms with Gasteiger partial charge in [0, 0.05) is 42.6 Å². The third kappa shape index (κ3) is 2.43. The van der Waals surface area contributed by atoms with Crippen LogP contribution in [0.3, 0.4) is 0 Å². The summed E-state index contributed by atoms with van der Waals surface area (Å²) in [5, 5.41) is 0. The molecule has 5 rings (SSSR count). The number of aromatic nitrogens is 3. The number of aryl methyl sites for hydroxylation is 2. The van der Waals surface area contributed by atoms with Gasteiger partial charge in [-0.25, -0.2) is 9.55 Å². The van der Waals surface area contributed by atoms with E-state index in [9.17, 15) is 0 Å². The van der Waals surface area contributed by atoms with Gasteiger partial charge in [-0.05, 0) is 46.9 Å². The summed E-state index contributed by atoms with van der Waals surface area (Å²) in [5.74, 6) is 1.01. The molecule has 0 saturated carbocycles. The average Bonchev–Trinajstić information content (AvgIpc) is 3.22. The number of hydrogen-bond acceptors (Lipinski definition) is 1. The van der Waals surface area contributed by atoms with Crippen molar-refractivity contribution in [3.63, 3.8) is 0 Å². The molecular weight excluding hydrogens is 354 g/mol. The third-order valence-corrected chi connectivity index (χ3v) is 6.48. The van der Waals surface area contributed by atoms with Crippen LogP contribution in [-0.2, 0) is 19.5 Å². The first kappa shape index (κ1) is 17.9. The molecule has 1 aliphatic carbocycles. The molecule has 0 saturated heterocycles. The first-order valence-corrected chi connectivity index (χ1v) is 10.1. The van der Waals surface area contributed by atoms with Gasteiger partial charge in [0.1, 0.15) is 12.9 Å². The van der Waals surface area contributed by atoms with Crippen molar-refractivity contribution in [2.75, 3.05) is 0 Å². The van der Waals surface area contributed by atoms with Gasteiger partial charge < -0.3 is 4.57 Å². The summed E-state index contributed by atoms with van der Waals surface area (Å²) >= 11 is 0. The predicted octanol–water partition coefficient (Wildman–Crippen LogP) is 5.19. The Labute approximate surface area is 172 Å². The maximum Gasteiger partial charge on any atom is 0.212 e. The predicted molar refractivity (Wildman–Crippen MR) is 118 cm³/mol. The number of hydrogen-bond donors (Lipinski definition) is 0. The molecule has 144 valence electrons. The van der Waals surface area contributed by atoms with Gasteiger partial charge in [0.05, 0.1) is 5.56 Å². The Balaban J connectivity index is 1.96. The Bertz CT molecular complexity index is 1260. The smallest absolute Gasteiger partial charge is 0.212 e. The normalized spacial score (nSPS) is 14.0. The fourth-order valence-corrected chi connectivity index (χ4v) is 5.00. The van der Waals surface area contributed by atoms with Crippen LogP contribution < -0.4 is 4.57 Å². The minimum Gasteiger partial charge on any atom is -0.334 e. The van der Waals surface area contributed by atoms with Gasteiger partial charge in [-0.1, -0.05) is 38.1 Å². The van der Waals surface area contributed by atoms with Crippen LogP contribution in [0.4, 0.5) is 0 Å². The molecule has 3 nitrogen and oxygen atoms in total. The van der Waals surface area contributed by atoms with Gasteiger partial charge in [-0.2, -0.15) is 0 Å². The number of pyridine rings is 1. The average molecular weight is 381 g/mol. The maximum absolute atomic E-state index is 4.68. The number of rotatable bonds is 2. The first-order valence-electron chi connectivity index (χ1n) is 10.1. The Kier molecular flexibility index (Phi) is 3.79. The fraction of sp³-hybridized carbons (Fsp3) is 0.231. The molecule has 0 amide bonds. The van der Waals surface area contributed by atoms with E-state index in [1.807, 2.05) is 12.4 Å². The van der Waals surface area contributed by atoms with Gasteiger partial charge >= 0.3 is 0 Å². The number of imidazole rings is 1. The van der Waals surface area contributed by atoms with Crippen molar-refractivity contribution in [2.45, 2.75) is 26.2 Å². The van der Waals surface area contributed by atoms with Crippen molar-refractivity contribution < 1.29 is 4.57 Å². The highest BCUT2D eigenvalue weighted by Crippen LogP contribution is 2.54. The third-order valence-electron chi connectivity index (χ3n) is 6.48. The summed E-state index contributed by atoms with van der Waals surface area (Å²) in [7, 11) is 4.19. The summed E-state index contributed by atoms with van der Waals surface area (Å²) < 4.78 is 4.33. The minimum atomic E-state index is -0.0605. The Morgan fingerprint density at radius 1 is 0.966 bits per heavy atom. The molecule has 3 heteroatoms. The Morgan fingerprint density at radius 2 is 1.72 bits per heavy atom. The van der Waals surface area contributed by atoms with Gasteiger partial charge in [-0.3, -0.25) is 0 Å². The van der Waals surface area contributed by atoms with Gasteiger partial charge in [0.15, 0.2) is 6.20 Å². The standard InChI is InChI=1S/C26H26N3/c1-17-19(25-27-13-15-29(25)5)16-20-18-10-6-7-11-21(18)26(2,3)24(20)23(17)22-12-8-9-14-28(22)4/h6-16H,1-5H3/q+1. The summed E-state index contributed by atoms with van der Waals surface area (Å²) in [6, 6.07) is 17.6. The minimum absolute atomic E-state index is 0.0605. The molecule has 29 heavy (non-hydrogen) atoms. The lowest BCUT2D eigenvalue weighted by atomic mass is 9.77. The molecule has 0 radical (unpaired) electrons. The lowest BCUT2D eigenvalue weighted by molar-refractivity contribution is -0.660. The molecule has 0 aliphatic heterocycles. The van der Waals surface area contributed by atoms with Crippen molar-refractivity contribution in [1.82, 2.24) is 9.55 Å². The van der Waals surface area contributed by atoms with Crippen molar-refractivity contribution in [3.8, 4) is 33.8 Å². The van der Waals surface area contributed by atoms with Crippen molar-refractivity contribution in [3.05, 3.63) is 83.8 Å². The van der Waals surface area contributed by atoms with Crippen molar-refractivity contribution in [1.29, 1.82) is 0 Å². The van der Waals surface area contributed by atoms with E-state index in [-0.39, 0.29) is 5.41 Å². The van der Waals surface area contributed by atoms with E-state index < -0.39 is 0 Å². The van der Waals surface area contributed by atoms with E-state index in [2.05, 4.69) is 104 Å². The molecular formula is C26H26N3+. The maximum atomic E-state index is 4.68. The van der Waals surface area contributed by atoms with E-state index in [1.165, 1.54) is 44.6 Å². The molecule has 4 aromatic rings. The largest absolute Gasteiger partial charge is 0.334 e. The van der Waals surface area contributed by atoms with Crippen molar-refractivity contribution >= 4 is 0 Å². The van der Waals surface area contributed by atoms with E-state index >= 15 is 0 Å². The van der Waals surface area contributed by atoms with Crippen molar-refractivity contribution in [2.24, 2.45) is 14.1 Å². The van der Waals surface area contributed by atoms with Gasteiger partial charge in [0.2, 0.25) is 5.69 Å². The summed E-state index contributed by atoms with van der Waals surface area (Å²) in [6.45, 7) is 6.94. The lowest BCUT2D eigenvalue weighted by Crippen LogP contribution is -2.31. The number of benzene rings is 2. The van der Waals surface area contributed by atoms with E-state index in [0.717, 1.165) is 5.82 Å². The lowest BCUT2D eigenvalue weighted by Gasteiger charge is -2.25. The topological polar surface area (TPSA) is 21.7 Å². The SMILES string of the molecule is Cc1c(-c2nccn2C)cc2c(c1-c1cccc[n+]1C)C(C)(C)c1ccccc1-2. The zero-order valence-corrected chi connectivity index (χ0v) is 17.7. The Hall–Kier alpha value is -3.20. The second-order valence-corrected chi connectivity index (χ2v) is 8.58. The summed E-state index contributed by atoms with van der Waals surface area (Å²) in [6.07, 6.45) is 6.02.